The van der Waals surface area contributed by atoms with Gasteiger partial charge in [0.05, 0.1) is 10.5 Å². The molecule has 0 amide bonds. The fourth-order valence-corrected chi connectivity index (χ4v) is 4.32. The number of aromatic carboxylic acids is 1. The van der Waals surface area contributed by atoms with Gasteiger partial charge in [0.15, 0.2) is 0 Å². The van der Waals surface area contributed by atoms with Crippen LogP contribution in [0.1, 0.15) is 16.8 Å². The molecule has 0 bridgehead atoms. The number of rotatable bonds is 5. The smallest absolute Gasteiger partial charge is 0.338 e. The summed E-state index contributed by atoms with van der Waals surface area (Å²) in [5.74, 6) is -0.233. The minimum absolute atomic E-state index is 0.234. The van der Waals surface area contributed by atoms with E-state index in [1.54, 1.807) is 11.8 Å². The summed E-state index contributed by atoms with van der Waals surface area (Å²) in [5.41, 5.74) is -0.649. The number of halogens is 1. The maximum Gasteiger partial charge on any atom is 0.338 e. The number of sulfonamides is 1. The number of carboxylic acid groups (broad SMARTS) is 1. The second-order valence-electron chi connectivity index (χ2n) is 4.53. The van der Waals surface area contributed by atoms with Gasteiger partial charge in [-0.25, -0.2) is 22.3 Å². The third kappa shape index (κ3) is 3.50. The van der Waals surface area contributed by atoms with Gasteiger partial charge in [-0.3, -0.25) is 0 Å². The van der Waals surface area contributed by atoms with Gasteiger partial charge >= 0.3 is 5.97 Å². The van der Waals surface area contributed by atoms with Gasteiger partial charge in [0.1, 0.15) is 5.82 Å². The average molecular weight is 319 g/mol. The van der Waals surface area contributed by atoms with Gasteiger partial charge in [-0.05, 0) is 42.0 Å². The molecule has 0 saturated carbocycles. The van der Waals surface area contributed by atoms with E-state index in [0.29, 0.717) is 6.54 Å². The summed E-state index contributed by atoms with van der Waals surface area (Å²) < 4.78 is 39.8. The number of hydrogen-bond donors (Lipinski definition) is 2. The molecule has 1 aromatic carbocycles. The maximum atomic E-state index is 13.2. The Morgan fingerprint density at radius 1 is 1.50 bits per heavy atom. The zero-order valence-corrected chi connectivity index (χ0v) is 12.1. The molecule has 2 N–H and O–H groups in total. The Bertz CT molecular complexity index is 612. The Labute approximate surface area is 120 Å². The Hall–Kier alpha value is -1.12. The van der Waals surface area contributed by atoms with Crippen molar-refractivity contribution < 1.29 is 22.7 Å². The predicted octanol–water partition coefficient (Wildman–Crippen LogP) is 1.56. The summed E-state index contributed by atoms with van der Waals surface area (Å²) in [6, 6.07) is 2.75. The summed E-state index contributed by atoms with van der Waals surface area (Å²) in [4.78, 5) is 10.6. The van der Waals surface area contributed by atoms with Gasteiger partial charge in [0.25, 0.3) is 0 Å². The highest BCUT2D eigenvalue weighted by Crippen LogP contribution is 2.23. The van der Waals surface area contributed by atoms with Gasteiger partial charge in [0.2, 0.25) is 10.0 Å². The summed E-state index contributed by atoms with van der Waals surface area (Å²) in [7, 11) is -3.81. The number of benzene rings is 1. The first-order valence-corrected chi connectivity index (χ1v) is 8.64. The quantitative estimate of drug-likeness (QED) is 0.860. The van der Waals surface area contributed by atoms with Crippen molar-refractivity contribution in [1.82, 2.24) is 4.72 Å². The molecule has 5 nitrogen and oxygen atoms in total. The second-order valence-corrected chi connectivity index (χ2v) is 7.45. The third-order valence-electron chi connectivity index (χ3n) is 3.06. The molecule has 110 valence electrons. The number of thioether (sulfide) groups is 1. The lowest BCUT2D eigenvalue weighted by Crippen LogP contribution is -2.29. The standard InChI is InChI=1S/C12H14FNO4S2/c13-11-2-1-9(5-10(11)12(15)16)20(17,18)14-6-8-3-4-19-7-8/h1-2,5,8,14H,3-4,6-7H2,(H,15,16). The van der Waals surface area contributed by atoms with E-state index in [2.05, 4.69) is 4.72 Å². The van der Waals surface area contributed by atoms with E-state index in [1.165, 1.54) is 0 Å². The lowest BCUT2D eigenvalue weighted by Gasteiger charge is -2.11. The van der Waals surface area contributed by atoms with Crippen LogP contribution in [-0.4, -0.2) is 37.5 Å². The zero-order chi connectivity index (χ0) is 14.8. The molecule has 0 spiro atoms. The molecule has 1 fully saturated rings. The molecule has 1 unspecified atom stereocenters. The van der Waals surface area contributed by atoms with E-state index < -0.39 is 27.4 Å². The molecule has 8 heteroatoms. The highest BCUT2D eigenvalue weighted by molar-refractivity contribution is 7.99. The molecule has 0 aliphatic carbocycles. The van der Waals surface area contributed by atoms with Crippen LogP contribution in [0, 0.1) is 11.7 Å². The van der Waals surface area contributed by atoms with E-state index in [-0.39, 0.29) is 10.8 Å². The topological polar surface area (TPSA) is 83.5 Å². The third-order valence-corrected chi connectivity index (χ3v) is 5.72. The Morgan fingerprint density at radius 3 is 2.85 bits per heavy atom. The average Bonchev–Trinajstić information content (AvgIpc) is 2.89. The lowest BCUT2D eigenvalue weighted by molar-refractivity contribution is 0.0691. The van der Waals surface area contributed by atoms with Gasteiger partial charge in [0, 0.05) is 6.54 Å². The normalized spacial score (nSPS) is 19.1. The van der Waals surface area contributed by atoms with Crippen LogP contribution < -0.4 is 4.72 Å². The van der Waals surface area contributed by atoms with Crippen molar-refractivity contribution in [1.29, 1.82) is 0 Å². The molecule has 2 rings (SSSR count). The van der Waals surface area contributed by atoms with Crippen LogP contribution in [0.4, 0.5) is 4.39 Å². The Balaban J connectivity index is 2.16. The SMILES string of the molecule is O=C(O)c1cc(S(=O)(=O)NCC2CCSC2)ccc1F. The largest absolute Gasteiger partial charge is 0.478 e. The number of carboxylic acids is 1. The first-order chi connectivity index (χ1) is 9.40. The molecule has 1 saturated heterocycles. The second kappa shape index (κ2) is 6.11. The van der Waals surface area contributed by atoms with Crippen molar-refractivity contribution >= 4 is 27.8 Å². The van der Waals surface area contributed by atoms with Crippen molar-refractivity contribution in [3.63, 3.8) is 0 Å². The molecular formula is C12H14FNO4S2. The fraction of sp³-hybridized carbons (Fsp3) is 0.417. The molecule has 1 atom stereocenters. The highest BCUT2D eigenvalue weighted by atomic mass is 32.2. The van der Waals surface area contributed by atoms with E-state index >= 15 is 0 Å². The van der Waals surface area contributed by atoms with Gasteiger partial charge < -0.3 is 5.11 Å². The zero-order valence-electron chi connectivity index (χ0n) is 10.5. The minimum atomic E-state index is -3.81. The predicted molar refractivity (Wildman–Crippen MR) is 74.0 cm³/mol. The van der Waals surface area contributed by atoms with Crippen molar-refractivity contribution in [2.24, 2.45) is 5.92 Å². The Kier molecular flexibility index (Phi) is 4.66. The van der Waals surface area contributed by atoms with Crippen molar-refractivity contribution in [2.45, 2.75) is 11.3 Å². The summed E-state index contributed by atoms with van der Waals surface area (Å²) >= 11 is 1.77. The van der Waals surface area contributed by atoms with E-state index in [4.69, 9.17) is 5.11 Å². The van der Waals surface area contributed by atoms with Crippen LogP contribution in [0.25, 0.3) is 0 Å². The van der Waals surface area contributed by atoms with Crippen LogP contribution in [0.3, 0.4) is 0 Å². The molecule has 1 aliphatic rings. The van der Waals surface area contributed by atoms with Gasteiger partial charge in [-0.2, -0.15) is 11.8 Å². The van der Waals surface area contributed by atoms with Crippen LogP contribution in [0.5, 0.6) is 0 Å². The van der Waals surface area contributed by atoms with Crippen LogP contribution in [0.15, 0.2) is 23.1 Å². The fourth-order valence-electron chi connectivity index (χ4n) is 1.89. The number of carbonyl (C=O) groups is 1. The minimum Gasteiger partial charge on any atom is -0.478 e. The van der Waals surface area contributed by atoms with Crippen molar-refractivity contribution in [3.8, 4) is 0 Å². The van der Waals surface area contributed by atoms with Crippen LogP contribution in [-0.2, 0) is 10.0 Å². The van der Waals surface area contributed by atoms with Gasteiger partial charge in [-0.1, -0.05) is 0 Å². The van der Waals surface area contributed by atoms with E-state index in [1.807, 2.05) is 0 Å². The number of nitrogens with one attached hydrogen (secondary N) is 1. The molecular weight excluding hydrogens is 305 g/mol. The molecule has 1 heterocycles. The molecule has 1 aliphatic heterocycles. The number of hydrogen-bond acceptors (Lipinski definition) is 4. The maximum absolute atomic E-state index is 13.2. The molecule has 1 aromatic rings. The Morgan fingerprint density at radius 2 is 2.25 bits per heavy atom. The first-order valence-electron chi connectivity index (χ1n) is 6.00. The first kappa shape index (κ1) is 15.3. The van der Waals surface area contributed by atoms with Crippen molar-refractivity contribution in [3.05, 3.63) is 29.6 Å². The monoisotopic (exact) mass is 319 g/mol. The van der Waals surface area contributed by atoms with Gasteiger partial charge in [-0.15, -0.1) is 0 Å². The van der Waals surface area contributed by atoms with E-state index in [9.17, 15) is 17.6 Å². The molecule has 20 heavy (non-hydrogen) atoms. The summed E-state index contributed by atoms with van der Waals surface area (Å²) in [6.07, 6.45) is 0.955. The lowest BCUT2D eigenvalue weighted by atomic mass is 10.1. The molecule has 0 radical (unpaired) electrons. The van der Waals surface area contributed by atoms with Crippen molar-refractivity contribution in [2.75, 3.05) is 18.1 Å². The summed E-state index contributed by atoms with van der Waals surface area (Å²) in [5, 5.41) is 8.80. The summed E-state index contributed by atoms with van der Waals surface area (Å²) in [6.45, 7) is 0.315. The van der Waals surface area contributed by atoms with Crippen LogP contribution >= 0.6 is 11.8 Å². The highest BCUT2D eigenvalue weighted by Gasteiger charge is 2.22. The molecule has 0 aromatic heterocycles. The van der Waals surface area contributed by atoms with E-state index in [0.717, 1.165) is 36.1 Å². The van der Waals surface area contributed by atoms with Crippen LogP contribution in [0.2, 0.25) is 0 Å².